The van der Waals surface area contributed by atoms with Crippen LogP contribution in [-0.2, 0) is 11.2 Å². The van der Waals surface area contributed by atoms with E-state index in [1.165, 1.54) is 0 Å². The molecule has 3 N–H and O–H groups in total. The quantitative estimate of drug-likeness (QED) is 0.620. The maximum absolute atomic E-state index is 12.3. The van der Waals surface area contributed by atoms with E-state index in [-0.39, 0.29) is 11.6 Å². The Morgan fingerprint density at radius 1 is 1.26 bits per heavy atom. The molecular weight excluding hydrogens is 430 g/mol. The van der Waals surface area contributed by atoms with Crippen molar-refractivity contribution in [3.8, 4) is 11.4 Å². The van der Waals surface area contributed by atoms with Crippen LogP contribution in [0.5, 0.6) is 0 Å². The number of likely N-dealkylation sites (tertiary alicyclic amines) is 1. The van der Waals surface area contributed by atoms with Gasteiger partial charge in [0.2, 0.25) is 0 Å². The first kappa shape index (κ1) is 24.1. The molecule has 1 aromatic carbocycles. The van der Waals surface area contributed by atoms with Crippen molar-refractivity contribution >= 4 is 17.6 Å². The number of rotatable bonds is 8. The van der Waals surface area contributed by atoms with Gasteiger partial charge in [0.05, 0.1) is 0 Å². The number of nitrogens with two attached hydrogens (primary N) is 1. The zero-order valence-corrected chi connectivity index (χ0v) is 20.3. The van der Waals surface area contributed by atoms with Gasteiger partial charge >= 0.3 is 0 Å². The SMILES string of the molecule is CC(C)CC1CCCN1c1cc(C(N)=O)nc(-c2cccc(CCC3(O)CCN(C)C3=O)c2)n1. The smallest absolute Gasteiger partial charge is 0.267 e. The number of aliphatic hydroxyl groups is 1. The normalized spacial score (nSPS) is 22.7. The van der Waals surface area contributed by atoms with Crippen molar-refractivity contribution in [1.82, 2.24) is 14.9 Å². The number of nitrogens with zero attached hydrogens (tertiary/aromatic N) is 4. The van der Waals surface area contributed by atoms with Crippen LogP contribution in [0.15, 0.2) is 30.3 Å². The summed E-state index contributed by atoms with van der Waals surface area (Å²) in [4.78, 5) is 37.5. The van der Waals surface area contributed by atoms with Crippen molar-refractivity contribution in [2.24, 2.45) is 11.7 Å². The summed E-state index contributed by atoms with van der Waals surface area (Å²) in [7, 11) is 1.72. The van der Waals surface area contributed by atoms with Gasteiger partial charge in [-0.2, -0.15) is 0 Å². The average molecular weight is 466 g/mol. The third-order valence-corrected chi connectivity index (χ3v) is 7.00. The predicted octanol–water partition coefficient (Wildman–Crippen LogP) is 2.78. The Hall–Kier alpha value is -3.00. The average Bonchev–Trinajstić information content (AvgIpc) is 3.37. The lowest BCUT2D eigenvalue weighted by Crippen LogP contribution is -2.38. The second-order valence-electron chi connectivity index (χ2n) is 10.1. The lowest BCUT2D eigenvalue weighted by molar-refractivity contribution is -0.142. The monoisotopic (exact) mass is 465 g/mol. The number of hydrogen-bond donors (Lipinski definition) is 2. The fraction of sp³-hybridized carbons (Fsp3) is 0.538. The number of amides is 2. The molecule has 2 aliphatic rings. The molecule has 2 fully saturated rings. The van der Waals surface area contributed by atoms with E-state index < -0.39 is 11.5 Å². The molecule has 3 heterocycles. The number of primary amides is 1. The van der Waals surface area contributed by atoms with Crippen LogP contribution in [0.2, 0.25) is 0 Å². The van der Waals surface area contributed by atoms with E-state index in [0.29, 0.717) is 43.6 Å². The second kappa shape index (κ2) is 9.70. The number of benzene rings is 1. The molecule has 8 heteroatoms. The molecule has 2 aliphatic heterocycles. The zero-order valence-electron chi connectivity index (χ0n) is 20.3. The van der Waals surface area contributed by atoms with Crippen LogP contribution in [-0.4, -0.2) is 63.6 Å². The highest BCUT2D eigenvalue weighted by Gasteiger charge is 2.42. The van der Waals surface area contributed by atoms with Gasteiger partial charge in [-0.15, -0.1) is 0 Å². The molecule has 2 saturated heterocycles. The summed E-state index contributed by atoms with van der Waals surface area (Å²) in [5.41, 5.74) is 6.27. The number of anilines is 1. The third-order valence-electron chi connectivity index (χ3n) is 7.00. The van der Waals surface area contributed by atoms with E-state index in [1.54, 1.807) is 18.0 Å². The van der Waals surface area contributed by atoms with Crippen molar-refractivity contribution in [2.75, 3.05) is 25.0 Å². The number of carbonyl (C=O) groups excluding carboxylic acids is 2. The van der Waals surface area contributed by atoms with Crippen LogP contribution < -0.4 is 10.6 Å². The van der Waals surface area contributed by atoms with E-state index >= 15 is 0 Å². The molecule has 0 bridgehead atoms. The van der Waals surface area contributed by atoms with Gasteiger partial charge in [-0.05, 0) is 49.7 Å². The molecule has 0 spiro atoms. The highest BCUT2D eigenvalue weighted by atomic mass is 16.3. The number of aryl methyl sites for hydroxylation is 1. The van der Waals surface area contributed by atoms with E-state index in [4.69, 9.17) is 10.7 Å². The topological polar surface area (TPSA) is 113 Å². The molecule has 0 aliphatic carbocycles. The van der Waals surface area contributed by atoms with Crippen LogP contribution in [0.1, 0.15) is 62.0 Å². The Morgan fingerprint density at radius 2 is 2.06 bits per heavy atom. The molecule has 182 valence electrons. The van der Waals surface area contributed by atoms with Gasteiger partial charge in [0.1, 0.15) is 17.1 Å². The largest absolute Gasteiger partial charge is 0.380 e. The summed E-state index contributed by atoms with van der Waals surface area (Å²) in [6, 6.07) is 9.84. The Bertz CT molecular complexity index is 1070. The van der Waals surface area contributed by atoms with Crippen LogP contribution in [0.4, 0.5) is 5.82 Å². The highest BCUT2D eigenvalue weighted by Crippen LogP contribution is 2.31. The summed E-state index contributed by atoms with van der Waals surface area (Å²) < 4.78 is 0. The molecule has 0 radical (unpaired) electrons. The lowest BCUT2D eigenvalue weighted by atomic mass is 9.93. The summed E-state index contributed by atoms with van der Waals surface area (Å²) in [6.07, 6.45) is 4.62. The molecule has 2 unspecified atom stereocenters. The van der Waals surface area contributed by atoms with Crippen molar-refractivity contribution in [1.29, 1.82) is 0 Å². The first-order chi connectivity index (χ1) is 16.2. The van der Waals surface area contributed by atoms with Gasteiger partial charge in [-0.3, -0.25) is 9.59 Å². The molecule has 2 aromatic rings. The maximum Gasteiger partial charge on any atom is 0.267 e. The van der Waals surface area contributed by atoms with Gasteiger partial charge in [0.25, 0.3) is 11.8 Å². The van der Waals surface area contributed by atoms with Crippen molar-refractivity contribution in [3.63, 3.8) is 0 Å². The highest BCUT2D eigenvalue weighted by molar-refractivity contribution is 5.92. The van der Waals surface area contributed by atoms with Crippen LogP contribution in [0.3, 0.4) is 0 Å². The Kier molecular flexibility index (Phi) is 6.89. The minimum atomic E-state index is -1.30. The van der Waals surface area contributed by atoms with Crippen LogP contribution >= 0.6 is 0 Å². The molecule has 34 heavy (non-hydrogen) atoms. The molecule has 1 aromatic heterocycles. The summed E-state index contributed by atoms with van der Waals surface area (Å²) in [5, 5.41) is 10.7. The van der Waals surface area contributed by atoms with Crippen molar-refractivity contribution < 1.29 is 14.7 Å². The van der Waals surface area contributed by atoms with E-state index in [2.05, 4.69) is 23.7 Å². The van der Waals surface area contributed by atoms with Gasteiger partial charge in [0.15, 0.2) is 5.82 Å². The van der Waals surface area contributed by atoms with Gasteiger partial charge in [0, 0.05) is 44.2 Å². The molecule has 2 amide bonds. The Balaban J connectivity index is 1.60. The fourth-order valence-corrected chi connectivity index (χ4v) is 5.13. The van der Waals surface area contributed by atoms with E-state index in [0.717, 1.165) is 42.8 Å². The summed E-state index contributed by atoms with van der Waals surface area (Å²) in [6.45, 7) is 5.90. The van der Waals surface area contributed by atoms with Crippen molar-refractivity contribution in [3.05, 3.63) is 41.6 Å². The predicted molar refractivity (Wildman–Crippen MR) is 131 cm³/mol. The third kappa shape index (κ3) is 5.06. The number of likely N-dealkylation sites (N-methyl/N-ethyl adjacent to an activating group) is 1. The zero-order chi connectivity index (χ0) is 24.5. The molecule has 4 rings (SSSR count). The first-order valence-electron chi connectivity index (χ1n) is 12.2. The van der Waals surface area contributed by atoms with Crippen molar-refractivity contribution in [2.45, 2.75) is 64.0 Å². The van der Waals surface area contributed by atoms with Crippen LogP contribution in [0, 0.1) is 5.92 Å². The fourth-order valence-electron chi connectivity index (χ4n) is 5.13. The second-order valence-corrected chi connectivity index (χ2v) is 10.1. The molecule has 8 nitrogen and oxygen atoms in total. The minimum absolute atomic E-state index is 0.203. The summed E-state index contributed by atoms with van der Waals surface area (Å²) in [5.74, 6) is 0.972. The lowest BCUT2D eigenvalue weighted by Gasteiger charge is -2.27. The van der Waals surface area contributed by atoms with Gasteiger partial charge in [-0.25, -0.2) is 9.97 Å². The standard InChI is InChI=1S/C26H35N5O3/c1-17(2)14-20-8-5-12-31(20)22-16-21(23(27)32)28-24(29-22)19-7-4-6-18(15-19)9-10-26(34)11-13-30(3)25(26)33/h4,6-7,15-17,20,34H,5,8-14H2,1-3H3,(H2,27,32). The number of carbonyl (C=O) groups is 2. The van der Waals surface area contributed by atoms with Gasteiger partial charge in [-0.1, -0.05) is 32.0 Å². The first-order valence-corrected chi connectivity index (χ1v) is 12.2. The minimum Gasteiger partial charge on any atom is -0.380 e. The number of aromatic nitrogens is 2. The maximum atomic E-state index is 12.3. The Labute approximate surface area is 201 Å². The Morgan fingerprint density at radius 3 is 2.74 bits per heavy atom. The molecule has 2 atom stereocenters. The molecule has 0 saturated carbocycles. The van der Waals surface area contributed by atoms with Crippen LogP contribution in [0.25, 0.3) is 11.4 Å². The summed E-state index contributed by atoms with van der Waals surface area (Å²) >= 11 is 0. The van der Waals surface area contributed by atoms with Gasteiger partial charge < -0.3 is 20.6 Å². The molecular formula is C26H35N5O3. The van der Waals surface area contributed by atoms with E-state index in [9.17, 15) is 14.7 Å². The van der Waals surface area contributed by atoms with E-state index in [1.807, 2.05) is 24.3 Å². The number of hydrogen-bond acceptors (Lipinski definition) is 6.